The molecular formula is C21H19F3N2O3. The average Bonchev–Trinajstić information content (AvgIpc) is 2.66. The van der Waals surface area contributed by atoms with E-state index in [4.69, 9.17) is 9.47 Å². The second kappa shape index (κ2) is 9.15. The molecule has 0 fully saturated rings. The van der Waals surface area contributed by atoms with Gasteiger partial charge in [-0.2, -0.15) is 18.4 Å². The van der Waals surface area contributed by atoms with Crippen molar-refractivity contribution in [2.45, 2.75) is 26.1 Å². The Morgan fingerprint density at radius 1 is 1.21 bits per heavy atom. The van der Waals surface area contributed by atoms with Crippen LogP contribution in [-0.4, -0.2) is 19.1 Å². The van der Waals surface area contributed by atoms with E-state index >= 15 is 0 Å². The number of nitrogens with one attached hydrogen (secondary N) is 1. The van der Waals surface area contributed by atoms with Gasteiger partial charge < -0.3 is 14.8 Å². The molecule has 0 radical (unpaired) electrons. The van der Waals surface area contributed by atoms with E-state index in [0.29, 0.717) is 17.1 Å². The fourth-order valence-electron chi connectivity index (χ4n) is 2.44. The highest BCUT2D eigenvalue weighted by molar-refractivity contribution is 6.09. The van der Waals surface area contributed by atoms with Crippen LogP contribution in [0.25, 0.3) is 6.08 Å². The first-order valence-electron chi connectivity index (χ1n) is 8.59. The molecule has 1 amide bonds. The van der Waals surface area contributed by atoms with E-state index in [1.807, 2.05) is 13.8 Å². The van der Waals surface area contributed by atoms with Gasteiger partial charge in [-0.15, -0.1) is 0 Å². The molecule has 0 saturated heterocycles. The topological polar surface area (TPSA) is 71.3 Å². The van der Waals surface area contributed by atoms with Crippen LogP contribution >= 0.6 is 0 Å². The fraction of sp³-hybridized carbons (Fsp3) is 0.238. The van der Waals surface area contributed by atoms with E-state index in [1.54, 1.807) is 24.3 Å². The highest BCUT2D eigenvalue weighted by atomic mass is 19.4. The number of amides is 1. The first-order chi connectivity index (χ1) is 13.7. The van der Waals surface area contributed by atoms with E-state index in [0.717, 1.165) is 12.1 Å². The molecule has 0 saturated carbocycles. The molecule has 0 aromatic heterocycles. The molecule has 0 aliphatic carbocycles. The maximum atomic E-state index is 12.8. The molecule has 0 heterocycles. The van der Waals surface area contributed by atoms with E-state index in [1.165, 1.54) is 25.3 Å². The second-order valence-electron chi connectivity index (χ2n) is 6.25. The zero-order chi connectivity index (χ0) is 21.6. The monoisotopic (exact) mass is 404 g/mol. The van der Waals surface area contributed by atoms with Gasteiger partial charge in [0, 0.05) is 11.3 Å². The van der Waals surface area contributed by atoms with Crippen LogP contribution in [0.3, 0.4) is 0 Å². The lowest BCUT2D eigenvalue weighted by atomic mass is 10.1. The van der Waals surface area contributed by atoms with Crippen LogP contribution in [0.2, 0.25) is 0 Å². The average molecular weight is 404 g/mol. The summed E-state index contributed by atoms with van der Waals surface area (Å²) in [6, 6.07) is 10.9. The van der Waals surface area contributed by atoms with Gasteiger partial charge in [-0.1, -0.05) is 18.2 Å². The highest BCUT2D eigenvalue weighted by Gasteiger charge is 2.30. The number of ether oxygens (including phenoxy) is 2. The van der Waals surface area contributed by atoms with Gasteiger partial charge in [-0.05, 0) is 44.2 Å². The largest absolute Gasteiger partial charge is 0.493 e. The molecule has 152 valence electrons. The van der Waals surface area contributed by atoms with Crippen LogP contribution in [-0.2, 0) is 11.0 Å². The summed E-state index contributed by atoms with van der Waals surface area (Å²) < 4.78 is 49.5. The van der Waals surface area contributed by atoms with E-state index in [2.05, 4.69) is 5.32 Å². The third-order valence-electron chi connectivity index (χ3n) is 3.70. The van der Waals surface area contributed by atoms with Crippen LogP contribution in [0.4, 0.5) is 18.9 Å². The summed E-state index contributed by atoms with van der Waals surface area (Å²) in [7, 11) is 1.46. The summed E-state index contributed by atoms with van der Waals surface area (Å²) in [5.74, 6) is -0.0715. The number of rotatable bonds is 6. The summed E-state index contributed by atoms with van der Waals surface area (Å²) in [5.41, 5.74) is -0.855. The Labute approximate surface area is 166 Å². The molecule has 0 unspecified atom stereocenters. The summed E-state index contributed by atoms with van der Waals surface area (Å²) in [6.07, 6.45) is -3.44. The van der Waals surface area contributed by atoms with Crippen LogP contribution < -0.4 is 14.8 Å². The van der Waals surface area contributed by atoms with Crippen molar-refractivity contribution in [1.82, 2.24) is 0 Å². The summed E-state index contributed by atoms with van der Waals surface area (Å²) >= 11 is 0. The fourth-order valence-corrected chi connectivity index (χ4v) is 2.44. The Kier molecular flexibility index (Phi) is 6.89. The minimum atomic E-state index is -4.54. The van der Waals surface area contributed by atoms with E-state index < -0.39 is 17.6 Å². The van der Waals surface area contributed by atoms with Crippen molar-refractivity contribution in [3.05, 3.63) is 59.2 Å². The molecule has 2 rings (SSSR count). The van der Waals surface area contributed by atoms with Crippen molar-refractivity contribution in [1.29, 1.82) is 5.26 Å². The molecule has 0 spiro atoms. The third-order valence-corrected chi connectivity index (χ3v) is 3.70. The normalized spacial score (nSPS) is 11.7. The first-order valence-corrected chi connectivity index (χ1v) is 8.59. The number of carbonyl (C=O) groups excluding carboxylic acids is 1. The van der Waals surface area contributed by atoms with Gasteiger partial charge in [0.15, 0.2) is 11.5 Å². The van der Waals surface area contributed by atoms with Gasteiger partial charge in [0.05, 0.1) is 18.8 Å². The Balaban J connectivity index is 2.36. The molecule has 0 bridgehead atoms. The van der Waals surface area contributed by atoms with Crippen molar-refractivity contribution in [3.63, 3.8) is 0 Å². The first kappa shape index (κ1) is 21.8. The van der Waals surface area contributed by atoms with Crippen molar-refractivity contribution >= 4 is 17.7 Å². The number of para-hydroxylation sites is 1. The predicted molar refractivity (Wildman–Crippen MR) is 102 cm³/mol. The number of hydrogen-bond donors (Lipinski definition) is 1. The lowest BCUT2D eigenvalue weighted by Gasteiger charge is -2.16. The Morgan fingerprint density at radius 2 is 1.90 bits per heavy atom. The van der Waals surface area contributed by atoms with Gasteiger partial charge in [0.2, 0.25) is 0 Å². The number of hydrogen-bond acceptors (Lipinski definition) is 4. The van der Waals surface area contributed by atoms with Gasteiger partial charge in [-0.25, -0.2) is 0 Å². The smallest absolute Gasteiger partial charge is 0.416 e. The minimum Gasteiger partial charge on any atom is -0.493 e. The Hall–Kier alpha value is -3.47. The minimum absolute atomic E-state index is 0.0738. The Morgan fingerprint density at radius 3 is 2.48 bits per heavy atom. The molecule has 0 aliphatic heterocycles. The number of alkyl halides is 3. The number of nitriles is 1. The van der Waals surface area contributed by atoms with E-state index in [-0.39, 0.29) is 17.4 Å². The van der Waals surface area contributed by atoms with E-state index in [9.17, 15) is 23.2 Å². The molecule has 5 nitrogen and oxygen atoms in total. The maximum Gasteiger partial charge on any atom is 0.416 e. The second-order valence-corrected chi connectivity index (χ2v) is 6.25. The van der Waals surface area contributed by atoms with Crippen molar-refractivity contribution in [2.24, 2.45) is 0 Å². The maximum absolute atomic E-state index is 12.8. The molecule has 29 heavy (non-hydrogen) atoms. The number of nitrogens with zero attached hydrogens (tertiary/aromatic N) is 1. The highest BCUT2D eigenvalue weighted by Crippen LogP contribution is 2.34. The number of halogens is 3. The molecule has 0 aliphatic rings. The standard InChI is InChI=1S/C21H19F3N2O3/c1-13(2)29-19-14(6-4-9-18(19)28-3)10-15(12-25)20(27)26-17-8-5-7-16(11-17)21(22,23)24/h4-11,13H,1-3H3,(H,26,27)/b15-10-. The zero-order valence-electron chi connectivity index (χ0n) is 16.0. The predicted octanol–water partition coefficient (Wildman–Crippen LogP) is 5.05. The molecule has 1 N–H and O–H groups in total. The number of carbonyl (C=O) groups is 1. The van der Waals surface area contributed by atoms with Crippen molar-refractivity contribution < 1.29 is 27.4 Å². The lowest BCUT2D eigenvalue weighted by molar-refractivity contribution is -0.137. The third kappa shape index (κ3) is 5.75. The molecular weight excluding hydrogens is 385 g/mol. The quantitative estimate of drug-likeness (QED) is 0.540. The van der Waals surface area contributed by atoms with Crippen LogP contribution in [0.5, 0.6) is 11.5 Å². The lowest BCUT2D eigenvalue weighted by Crippen LogP contribution is -2.14. The van der Waals surface area contributed by atoms with Gasteiger partial charge in [-0.3, -0.25) is 4.79 Å². The van der Waals surface area contributed by atoms with Crippen LogP contribution in [0, 0.1) is 11.3 Å². The SMILES string of the molecule is COc1cccc(/C=C(/C#N)C(=O)Nc2cccc(C(F)(F)F)c2)c1OC(C)C. The van der Waals surface area contributed by atoms with Crippen LogP contribution in [0.1, 0.15) is 25.0 Å². The summed E-state index contributed by atoms with van der Waals surface area (Å²) in [6.45, 7) is 3.62. The van der Waals surface area contributed by atoms with Crippen molar-refractivity contribution in [2.75, 3.05) is 12.4 Å². The van der Waals surface area contributed by atoms with Gasteiger partial charge >= 0.3 is 6.18 Å². The number of benzene rings is 2. The molecule has 2 aromatic rings. The van der Waals surface area contributed by atoms with Gasteiger partial charge in [0.25, 0.3) is 5.91 Å². The Bertz CT molecular complexity index is 960. The summed E-state index contributed by atoms with van der Waals surface area (Å²) in [5, 5.41) is 11.7. The van der Waals surface area contributed by atoms with Gasteiger partial charge in [0.1, 0.15) is 11.6 Å². The van der Waals surface area contributed by atoms with Crippen molar-refractivity contribution in [3.8, 4) is 17.6 Å². The van der Waals surface area contributed by atoms with Crippen LogP contribution in [0.15, 0.2) is 48.0 Å². The molecule has 0 atom stereocenters. The zero-order valence-corrected chi connectivity index (χ0v) is 16.0. The number of anilines is 1. The number of methoxy groups -OCH3 is 1. The molecule has 8 heteroatoms. The summed E-state index contributed by atoms with van der Waals surface area (Å²) in [4.78, 5) is 12.4. The molecule has 2 aromatic carbocycles.